The van der Waals surface area contributed by atoms with Crippen LogP contribution < -0.4 is 18.9 Å². The zero-order chi connectivity index (χ0) is 27.7. The fourth-order valence-corrected chi connectivity index (χ4v) is 5.53. The van der Waals surface area contributed by atoms with Gasteiger partial charge in [0.05, 0.1) is 34.0 Å². The first kappa shape index (κ1) is 30.1. The van der Waals surface area contributed by atoms with Gasteiger partial charge in [-0.05, 0) is 91.6 Å². The number of hydrogen-bond acceptors (Lipinski definition) is 7. The zero-order valence-corrected chi connectivity index (χ0v) is 24.3. The number of fused-ring (bicyclic) bond motifs is 1. The second-order valence-corrected chi connectivity index (χ2v) is 10.6. The highest BCUT2D eigenvalue weighted by Crippen LogP contribution is 2.46. The van der Waals surface area contributed by atoms with Gasteiger partial charge in [-0.15, -0.1) is 0 Å². The first-order valence-electron chi connectivity index (χ1n) is 13.7. The highest BCUT2D eigenvalue weighted by atomic mass is 16.5. The van der Waals surface area contributed by atoms with Crippen LogP contribution in [0.3, 0.4) is 0 Å². The second-order valence-electron chi connectivity index (χ2n) is 10.6. The van der Waals surface area contributed by atoms with Gasteiger partial charge in [-0.1, -0.05) is 19.9 Å². The van der Waals surface area contributed by atoms with E-state index in [2.05, 4.69) is 37.9 Å². The third-order valence-corrected chi connectivity index (χ3v) is 7.84. The molecule has 7 nitrogen and oxygen atoms in total. The van der Waals surface area contributed by atoms with Crippen molar-refractivity contribution in [3.05, 3.63) is 47.0 Å². The van der Waals surface area contributed by atoms with E-state index in [1.54, 1.807) is 28.4 Å². The molecule has 1 unspecified atom stereocenters. The van der Waals surface area contributed by atoms with Gasteiger partial charge in [0.2, 0.25) is 0 Å². The van der Waals surface area contributed by atoms with Crippen molar-refractivity contribution >= 4 is 0 Å². The lowest BCUT2D eigenvalue weighted by molar-refractivity contribution is 0.0318. The molecule has 7 heteroatoms. The summed E-state index contributed by atoms with van der Waals surface area (Å²) in [5, 5.41) is 11.5. The first-order chi connectivity index (χ1) is 18.3. The number of ether oxygens (including phenoxy) is 5. The van der Waals surface area contributed by atoms with Crippen molar-refractivity contribution in [2.45, 2.75) is 45.6 Å². The largest absolute Gasteiger partial charge is 0.493 e. The molecule has 1 aliphatic rings. The van der Waals surface area contributed by atoms with Gasteiger partial charge in [0, 0.05) is 26.7 Å². The van der Waals surface area contributed by atoms with E-state index in [-0.39, 0.29) is 5.92 Å². The van der Waals surface area contributed by atoms with Gasteiger partial charge in [0.15, 0.2) is 23.0 Å². The molecular weight excluding hydrogens is 482 g/mol. The topological polar surface area (TPSA) is 69.6 Å². The van der Waals surface area contributed by atoms with Crippen molar-refractivity contribution in [1.82, 2.24) is 4.90 Å². The zero-order valence-electron chi connectivity index (χ0n) is 24.3. The van der Waals surface area contributed by atoms with E-state index < -0.39 is 6.10 Å². The summed E-state index contributed by atoms with van der Waals surface area (Å²) in [7, 11) is 8.83. The predicted octanol–water partition coefficient (Wildman–Crippen LogP) is 5.17. The maximum atomic E-state index is 11.5. The molecule has 2 aromatic carbocycles. The summed E-state index contributed by atoms with van der Waals surface area (Å²) < 4.78 is 27.5. The molecule has 0 bridgehead atoms. The van der Waals surface area contributed by atoms with Crippen LogP contribution in [-0.2, 0) is 17.6 Å². The molecule has 0 aromatic heterocycles. The Morgan fingerprint density at radius 2 is 1.58 bits per heavy atom. The first-order valence-corrected chi connectivity index (χ1v) is 13.7. The fourth-order valence-electron chi connectivity index (χ4n) is 5.53. The lowest BCUT2D eigenvalue weighted by Crippen LogP contribution is -2.35. The van der Waals surface area contributed by atoms with Gasteiger partial charge in [0.1, 0.15) is 0 Å². The molecule has 0 fully saturated rings. The molecule has 3 atom stereocenters. The van der Waals surface area contributed by atoms with Gasteiger partial charge in [-0.2, -0.15) is 0 Å². The lowest BCUT2D eigenvalue weighted by Gasteiger charge is -2.40. The Balaban J connectivity index is 1.60. The van der Waals surface area contributed by atoms with Crippen molar-refractivity contribution < 1.29 is 28.8 Å². The highest BCUT2D eigenvalue weighted by molar-refractivity contribution is 5.49. The van der Waals surface area contributed by atoms with E-state index in [0.29, 0.717) is 30.8 Å². The molecule has 0 spiro atoms. The van der Waals surface area contributed by atoms with Crippen LogP contribution in [0.5, 0.6) is 23.0 Å². The summed E-state index contributed by atoms with van der Waals surface area (Å²) in [6, 6.07) is 10.2. The van der Waals surface area contributed by atoms with Crippen LogP contribution in [0, 0.1) is 17.8 Å². The summed E-state index contributed by atoms with van der Waals surface area (Å²) in [5.74, 6) is 4.00. The number of aliphatic hydroxyl groups is 1. The summed E-state index contributed by atoms with van der Waals surface area (Å²) in [5.41, 5.74) is 3.35. The number of hydrogen-bond donors (Lipinski definition) is 1. The molecule has 1 N–H and O–H groups in total. The van der Waals surface area contributed by atoms with E-state index in [0.717, 1.165) is 61.6 Å². The van der Waals surface area contributed by atoms with Crippen molar-refractivity contribution in [3.63, 3.8) is 0 Å². The molecule has 38 heavy (non-hydrogen) atoms. The van der Waals surface area contributed by atoms with Crippen LogP contribution in [-0.4, -0.2) is 71.8 Å². The van der Waals surface area contributed by atoms with E-state index in [1.165, 1.54) is 11.1 Å². The molecule has 1 aliphatic carbocycles. The smallest absolute Gasteiger partial charge is 0.161 e. The molecular formula is C31H47NO6. The lowest BCUT2D eigenvalue weighted by atomic mass is 9.68. The quantitative estimate of drug-likeness (QED) is 0.319. The molecule has 3 rings (SSSR count). The third-order valence-electron chi connectivity index (χ3n) is 7.84. The molecule has 0 heterocycles. The molecule has 2 aromatic rings. The Kier molecular flexibility index (Phi) is 11.6. The van der Waals surface area contributed by atoms with Crippen LogP contribution in [0.4, 0.5) is 0 Å². The standard InChI is InChI=1S/C31H47NO6/c1-21(2)25-18-23-19-29(36-6)30(37-7)20-26(23)31(33)24(25)12-14-32(3)13-11-22-9-10-27(28(17-22)35-5)38-16-8-15-34-4/h9-10,17,19-21,24-25,31,33H,8,11-16,18H2,1-7H3/t24-,25?,31-/m1/s1. The van der Waals surface area contributed by atoms with Crippen LogP contribution in [0.2, 0.25) is 0 Å². The maximum absolute atomic E-state index is 11.5. The third kappa shape index (κ3) is 7.55. The average Bonchev–Trinajstić information content (AvgIpc) is 2.92. The van der Waals surface area contributed by atoms with Gasteiger partial charge < -0.3 is 33.7 Å². The SMILES string of the molecule is COCCCOc1ccc(CCN(C)CC[C@@H]2C(C(C)C)Cc3cc(OC)c(OC)cc3[C@@H]2O)cc1OC. The minimum Gasteiger partial charge on any atom is -0.493 e. The van der Waals surface area contributed by atoms with Crippen LogP contribution in [0.15, 0.2) is 30.3 Å². The number of methoxy groups -OCH3 is 4. The summed E-state index contributed by atoms with van der Waals surface area (Å²) >= 11 is 0. The monoisotopic (exact) mass is 529 g/mol. The predicted molar refractivity (Wildman–Crippen MR) is 151 cm³/mol. The fraction of sp³-hybridized carbons (Fsp3) is 0.613. The van der Waals surface area contributed by atoms with Crippen LogP contribution in [0.1, 0.15) is 49.5 Å². The molecule has 0 saturated carbocycles. The van der Waals surface area contributed by atoms with E-state index in [4.69, 9.17) is 23.7 Å². The van der Waals surface area contributed by atoms with E-state index in [9.17, 15) is 5.11 Å². The molecule has 0 radical (unpaired) electrons. The number of rotatable bonds is 15. The number of likely N-dealkylation sites (N-methyl/N-ethyl adjacent to an activating group) is 1. The maximum Gasteiger partial charge on any atom is 0.161 e. The molecule has 0 amide bonds. The molecule has 0 aliphatic heterocycles. The second kappa shape index (κ2) is 14.6. The van der Waals surface area contributed by atoms with E-state index >= 15 is 0 Å². The Labute approximate surface area is 229 Å². The number of nitrogens with zero attached hydrogens (tertiary/aromatic N) is 1. The normalized spacial score (nSPS) is 18.9. The van der Waals surface area contributed by atoms with Crippen LogP contribution >= 0.6 is 0 Å². The Bertz CT molecular complexity index is 1010. The minimum atomic E-state index is -0.514. The summed E-state index contributed by atoms with van der Waals surface area (Å²) in [4.78, 5) is 2.36. The van der Waals surface area contributed by atoms with Gasteiger partial charge in [0.25, 0.3) is 0 Å². The summed E-state index contributed by atoms with van der Waals surface area (Å²) in [6.07, 6.45) is 3.12. The molecule has 0 saturated heterocycles. The highest BCUT2D eigenvalue weighted by Gasteiger charge is 2.37. The average molecular weight is 530 g/mol. The van der Waals surface area contributed by atoms with Gasteiger partial charge >= 0.3 is 0 Å². The van der Waals surface area contributed by atoms with Crippen molar-refractivity contribution in [1.29, 1.82) is 0 Å². The molecule has 212 valence electrons. The Hall–Kier alpha value is -2.48. The van der Waals surface area contributed by atoms with Crippen LogP contribution in [0.25, 0.3) is 0 Å². The van der Waals surface area contributed by atoms with Gasteiger partial charge in [-0.25, -0.2) is 0 Å². The van der Waals surface area contributed by atoms with Crippen molar-refractivity contribution in [2.24, 2.45) is 17.8 Å². The Morgan fingerprint density at radius 1 is 0.895 bits per heavy atom. The van der Waals surface area contributed by atoms with Crippen molar-refractivity contribution in [3.8, 4) is 23.0 Å². The summed E-state index contributed by atoms with van der Waals surface area (Å²) in [6.45, 7) is 7.65. The minimum absolute atomic E-state index is 0.192. The van der Waals surface area contributed by atoms with E-state index in [1.807, 2.05) is 18.2 Å². The number of benzene rings is 2. The van der Waals surface area contributed by atoms with Gasteiger partial charge in [-0.3, -0.25) is 0 Å². The Morgan fingerprint density at radius 3 is 2.24 bits per heavy atom. The number of aliphatic hydroxyl groups excluding tert-OH is 1. The van der Waals surface area contributed by atoms with Crippen molar-refractivity contribution in [2.75, 3.05) is 61.8 Å².